The van der Waals surface area contributed by atoms with Crippen LogP contribution in [0.3, 0.4) is 0 Å². The number of phenols is 1. The van der Waals surface area contributed by atoms with E-state index in [2.05, 4.69) is 9.80 Å². The maximum absolute atomic E-state index is 9.94. The number of anilines is 1. The van der Waals surface area contributed by atoms with Gasteiger partial charge in [-0.3, -0.25) is 4.90 Å². The SMILES string of the molecule is COc1cc(CN2CCc3nc(N4CCCCC4)nc(Oc4ccccc4OC)c3C2)ccc1O. The molecule has 0 radical (unpaired) electrons. The first-order chi connectivity index (χ1) is 17.1. The monoisotopic (exact) mass is 476 g/mol. The van der Waals surface area contributed by atoms with Crippen molar-refractivity contribution in [2.45, 2.75) is 38.8 Å². The number of nitrogens with zero attached hydrogens (tertiary/aromatic N) is 4. The predicted octanol–water partition coefficient (Wildman–Crippen LogP) is 4.54. The van der Waals surface area contributed by atoms with Gasteiger partial charge in [0.15, 0.2) is 23.0 Å². The second kappa shape index (κ2) is 10.4. The molecule has 8 nitrogen and oxygen atoms in total. The average Bonchev–Trinajstić information content (AvgIpc) is 2.90. The van der Waals surface area contributed by atoms with Crippen LogP contribution in [-0.2, 0) is 19.5 Å². The smallest absolute Gasteiger partial charge is 0.229 e. The number of benzene rings is 2. The molecule has 0 atom stereocenters. The number of aromatic nitrogens is 2. The molecule has 1 fully saturated rings. The van der Waals surface area contributed by atoms with E-state index in [0.717, 1.165) is 68.2 Å². The minimum absolute atomic E-state index is 0.145. The van der Waals surface area contributed by atoms with Crippen molar-refractivity contribution in [3.63, 3.8) is 0 Å². The number of hydrogen-bond donors (Lipinski definition) is 1. The summed E-state index contributed by atoms with van der Waals surface area (Å²) in [4.78, 5) is 14.5. The number of para-hydroxylation sites is 2. The fraction of sp³-hybridized carbons (Fsp3) is 0.407. The molecule has 1 N–H and O–H groups in total. The van der Waals surface area contributed by atoms with Gasteiger partial charge in [0.25, 0.3) is 0 Å². The lowest BCUT2D eigenvalue weighted by molar-refractivity contribution is 0.237. The fourth-order valence-electron chi connectivity index (χ4n) is 4.77. The maximum Gasteiger partial charge on any atom is 0.229 e. The number of methoxy groups -OCH3 is 2. The third kappa shape index (κ3) is 5.12. The lowest BCUT2D eigenvalue weighted by Gasteiger charge is -2.32. The molecule has 8 heteroatoms. The first-order valence-electron chi connectivity index (χ1n) is 12.2. The molecule has 1 aromatic heterocycles. The molecule has 0 unspecified atom stereocenters. The molecule has 0 spiro atoms. The molecule has 2 aromatic carbocycles. The molecule has 2 aliphatic rings. The van der Waals surface area contributed by atoms with Gasteiger partial charge in [-0.1, -0.05) is 18.2 Å². The Morgan fingerprint density at radius 2 is 1.66 bits per heavy atom. The van der Waals surface area contributed by atoms with Crippen molar-refractivity contribution < 1.29 is 19.3 Å². The Labute approximate surface area is 206 Å². The van der Waals surface area contributed by atoms with Gasteiger partial charge in [0.2, 0.25) is 11.8 Å². The molecule has 3 aromatic rings. The van der Waals surface area contributed by atoms with Gasteiger partial charge < -0.3 is 24.2 Å². The first-order valence-corrected chi connectivity index (χ1v) is 12.2. The molecule has 5 rings (SSSR count). The van der Waals surface area contributed by atoms with E-state index in [-0.39, 0.29) is 5.75 Å². The van der Waals surface area contributed by atoms with E-state index in [1.807, 2.05) is 36.4 Å². The van der Waals surface area contributed by atoms with E-state index in [1.54, 1.807) is 20.3 Å². The Kier molecular flexibility index (Phi) is 6.90. The van der Waals surface area contributed by atoms with E-state index >= 15 is 0 Å². The molecule has 35 heavy (non-hydrogen) atoms. The van der Waals surface area contributed by atoms with Crippen LogP contribution in [0.25, 0.3) is 0 Å². The normalized spacial score (nSPS) is 16.0. The van der Waals surface area contributed by atoms with Crippen LogP contribution in [0.15, 0.2) is 42.5 Å². The van der Waals surface area contributed by atoms with Crippen LogP contribution in [-0.4, -0.2) is 53.8 Å². The van der Waals surface area contributed by atoms with Gasteiger partial charge >= 0.3 is 0 Å². The zero-order chi connectivity index (χ0) is 24.2. The third-order valence-electron chi connectivity index (χ3n) is 6.65. The predicted molar refractivity (Wildman–Crippen MR) is 134 cm³/mol. The highest BCUT2D eigenvalue weighted by molar-refractivity contribution is 5.47. The van der Waals surface area contributed by atoms with Gasteiger partial charge in [0.1, 0.15) is 0 Å². The van der Waals surface area contributed by atoms with Gasteiger partial charge in [-0.2, -0.15) is 4.98 Å². The van der Waals surface area contributed by atoms with Crippen molar-refractivity contribution in [1.82, 2.24) is 14.9 Å². The Hall–Kier alpha value is -3.52. The lowest BCUT2D eigenvalue weighted by atomic mass is 10.1. The van der Waals surface area contributed by atoms with Crippen LogP contribution in [0, 0.1) is 0 Å². The van der Waals surface area contributed by atoms with Gasteiger partial charge in [0, 0.05) is 39.1 Å². The van der Waals surface area contributed by atoms with Gasteiger partial charge in [-0.05, 0) is 49.1 Å². The van der Waals surface area contributed by atoms with Crippen LogP contribution in [0.4, 0.5) is 5.95 Å². The summed E-state index contributed by atoms with van der Waals surface area (Å²) in [5, 5.41) is 9.94. The summed E-state index contributed by atoms with van der Waals surface area (Å²) >= 11 is 0. The highest BCUT2D eigenvalue weighted by Crippen LogP contribution is 2.36. The third-order valence-corrected chi connectivity index (χ3v) is 6.65. The molecule has 184 valence electrons. The molecule has 2 aliphatic heterocycles. The molecular formula is C27H32N4O4. The van der Waals surface area contributed by atoms with Crippen molar-refractivity contribution in [2.75, 3.05) is 38.8 Å². The topological polar surface area (TPSA) is 80.2 Å². The number of fused-ring (bicyclic) bond motifs is 1. The number of ether oxygens (including phenoxy) is 3. The minimum Gasteiger partial charge on any atom is -0.504 e. The number of phenolic OH excluding ortho intramolecular Hbond substituents is 1. The summed E-state index contributed by atoms with van der Waals surface area (Å²) in [6, 6.07) is 13.1. The van der Waals surface area contributed by atoms with Gasteiger partial charge in [-0.15, -0.1) is 0 Å². The van der Waals surface area contributed by atoms with Crippen LogP contribution in [0.2, 0.25) is 0 Å². The zero-order valence-electron chi connectivity index (χ0n) is 20.4. The van der Waals surface area contributed by atoms with E-state index in [0.29, 0.717) is 29.7 Å². The summed E-state index contributed by atoms with van der Waals surface area (Å²) in [7, 11) is 3.21. The van der Waals surface area contributed by atoms with Crippen LogP contribution in [0.1, 0.15) is 36.1 Å². The second-order valence-electron chi connectivity index (χ2n) is 9.02. The van der Waals surface area contributed by atoms with Crippen molar-refractivity contribution in [2.24, 2.45) is 0 Å². The van der Waals surface area contributed by atoms with E-state index in [1.165, 1.54) is 6.42 Å². The molecule has 0 bridgehead atoms. The standard InChI is InChI=1S/C27H32N4O4/c1-33-23-8-4-5-9-24(23)35-26-20-18-30(17-19-10-11-22(32)25(16-19)34-2)15-12-21(20)28-27(29-26)31-13-6-3-7-14-31/h4-5,8-11,16,32H,3,6-7,12-15,17-18H2,1-2H3. The Morgan fingerprint density at radius 1 is 0.886 bits per heavy atom. The van der Waals surface area contributed by atoms with Crippen LogP contribution >= 0.6 is 0 Å². The number of rotatable bonds is 7. The average molecular weight is 477 g/mol. The van der Waals surface area contributed by atoms with Crippen molar-refractivity contribution in [3.8, 4) is 28.9 Å². The van der Waals surface area contributed by atoms with E-state index in [4.69, 9.17) is 24.2 Å². The molecule has 0 saturated carbocycles. The lowest BCUT2D eigenvalue weighted by Crippen LogP contribution is -2.34. The van der Waals surface area contributed by atoms with E-state index in [9.17, 15) is 5.11 Å². The molecular weight excluding hydrogens is 444 g/mol. The first kappa shape index (κ1) is 23.2. The van der Waals surface area contributed by atoms with Gasteiger partial charge in [-0.25, -0.2) is 4.98 Å². The number of piperidine rings is 1. The number of aromatic hydroxyl groups is 1. The maximum atomic E-state index is 9.94. The summed E-state index contributed by atoms with van der Waals surface area (Å²) in [6.45, 7) is 4.21. The summed E-state index contributed by atoms with van der Waals surface area (Å²) < 4.78 is 17.2. The fourth-order valence-corrected chi connectivity index (χ4v) is 4.77. The zero-order valence-corrected chi connectivity index (χ0v) is 20.4. The Morgan fingerprint density at radius 3 is 2.43 bits per heavy atom. The van der Waals surface area contributed by atoms with Gasteiger partial charge in [0.05, 0.1) is 25.5 Å². The molecule has 3 heterocycles. The highest BCUT2D eigenvalue weighted by atomic mass is 16.5. The largest absolute Gasteiger partial charge is 0.504 e. The molecule has 0 aliphatic carbocycles. The second-order valence-corrected chi connectivity index (χ2v) is 9.02. The van der Waals surface area contributed by atoms with Crippen LogP contribution < -0.4 is 19.1 Å². The molecule has 0 amide bonds. The quantitative estimate of drug-likeness (QED) is 0.532. The summed E-state index contributed by atoms with van der Waals surface area (Å²) in [5.74, 6) is 3.28. The van der Waals surface area contributed by atoms with Crippen molar-refractivity contribution in [3.05, 3.63) is 59.3 Å². The Balaban J connectivity index is 1.45. The summed E-state index contributed by atoms with van der Waals surface area (Å²) in [5.41, 5.74) is 3.12. The van der Waals surface area contributed by atoms with Crippen molar-refractivity contribution in [1.29, 1.82) is 0 Å². The van der Waals surface area contributed by atoms with Crippen LogP contribution in [0.5, 0.6) is 28.9 Å². The number of hydrogen-bond acceptors (Lipinski definition) is 8. The van der Waals surface area contributed by atoms with Crippen molar-refractivity contribution >= 4 is 5.95 Å². The highest BCUT2D eigenvalue weighted by Gasteiger charge is 2.26. The summed E-state index contributed by atoms with van der Waals surface area (Å²) in [6.07, 6.45) is 4.39. The Bertz CT molecular complexity index is 1180. The van der Waals surface area contributed by atoms with E-state index < -0.39 is 0 Å². The minimum atomic E-state index is 0.145. The molecule has 1 saturated heterocycles.